The molecule has 2 aliphatic rings. The predicted molar refractivity (Wildman–Crippen MR) is 94.5 cm³/mol. The fourth-order valence-electron chi connectivity index (χ4n) is 3.06. The number of carbonyl (C=O) groups excluding carboxylic acids is 1. The first-order valence-corrected chi connectivity index (χ1v) is 7.84. The van der Waals surface area contributed by atoms with E-state index in [-0.39, 0.29) is 18.3 Å². The van der Waals surface area contributed by atoms with Gasteiger partial charge in [0.2, 0.25) is 0 Å². The Morgan fingerprint density at radius 2 is 1.88 bits per heavy atom. The lowest BCUT2D eigenvalue weighted by Gasteiger charge is -2.26. The average Bonchev–Trinajstić information content (AvgIpc) is 2.83. The largest absolute Gasteiger partial charge is 0.486 e. The smallest absolute Gasteiger partial charge is 0.262 e. The highest BCUT2D eigenvalue weighted by atomic mass is 35.5. The minimum atomic E-state index is -0.0523. The van der Waals surface area contributed by atoms with Crippen LogP contribution >= 0.6 is 12.4 Å². The van der Waals surface area contributed by atoms with Crippen LogP contribution in [0.15, 0.2) is 42.5 Å². The third kappa shape index (κ3) is 2.92. The standard InChI is InChI=1S/C18H18N2O3.ClH/c21-18(14-5-3-7-16-17(14)23-11-10-22-16)20-9-8-19-12-13-4-1-2-6-15(13)20;/h1-7,19H,8-12H2;1H. The topological polar surface area (TPSA) is 50.8 Å². The van der Waals surface area contributed by atoms with E-state index in [1.807, 2.05) is 41.3 Å². The molecular formula is C18H19ClN2O3. The average molecular weight is 347 g/mol. The van der Waals surface area contributed by atoms with E-state index in [1.165, 1.54) is 0 Å². The maximum atomic E-state index is 13.1. The number of halogens is 1. The van der Waals surface area contributed by atoms with Gasteiger partial charge in [-0.1, -0.05) is 24.3 Å². The van der Waals surface area contributed by atoms with Gasteiger partial charge in [0.25, 0.3) is 5.91 Å². The molecule has 0 aliphatic carbocycles. The molecule has 0 aromatic heterocycles. The molecule has 0 fully saturated rings. The second-order valence-electron chi connectivity index (χ2n) is 5.59. The van der Waals surface area contributed by atoms with Gasteiger partial charge in [-0.05, 0) is 23.8 Å². The van der Waals surface area contributed by atoms with Crippen molar-refractivity contribution in [2.45, 2.75) is 6.54 Å². The Bertz CT molecular complexity index is 751. The van der Waals surface area contributed by atoms with Crippen LogP contribution in [-0.4, -0.2) is 32.2 Å². The van der Waals surface area contributed by atoms with Crippen molar-refractivity contribution in [2.24, 2.45) is 0 Å². The molecule has 0 radical (unpaired) electrons. The maximum absolute atomic E-state index is 13.1. The molecular weight excluding hydrogens is 328 g/mol. The van der Waals surface area contributed by atoms with Gasteiger partial charge in [-0.25, -0.2) is 0 Å². The minimum Gasteiger partial charge on any atom is -0.486 e. The van der Waals surface area contributed by atoms with E-state index in [0.717, 1.165) is 24.3 Å². The van der Waals surface area contributed by atoms with Crippen LogP contribution in [0.2, 0.25) is 0 Å². The van der Waals surface area contributed by atoms with E-state index >= 15 is 0 Å². The van der Waals surface area contributed by atoms with Gasteiger partial charge in [0, 0.05) is 25.3 Å². The molecule has 6 heteroatoms. The van der Waals surface area contributed by atoms with E-state index in [4.69, 9.17) is 9.47 Å². The first kappa shape index (κ1) is 16.6. The van der Waals surface area contributed by atoms with Crippen LogP contribution < -0.4 is 19.7 Å². The van der Waals surface area contributed by atoms with Crippen molar-refractivity contribution in [3.63, 3.8) is 0 Å². The lowest BCUT2D eigenvalue weighted by molar-refractivity contribution is 0.0976. The number of nitrogens with one attached hydrogen (secondary N) is 1. The van der Waals surface area contributed by atoms with Crippen molar-refractivity contribution in [1.29, 1.82) is 0 Å². The Morgan fingerprint density at radius 1 is 1.04 bits per heavy atom. The quantitative estimate of drug-likeness (QED) is 0.862. The van der Waals surface area contributed by atoms with Crippen molar-refractivity contribution < 1.29 is 14.3 Å². The van der Waals surface area contributed by atoms with Gasteiger partial charge in [0.05, 0.1) is 5.56 Å². The second kappa shape index (κ2) is 7.11. The monoisotopic (exact) mass is 346 g/mol. The van der Waals surface area contributed by atoms with Crippen molar-refractivity contribution in [1.82, 2.24) is 5.32 Å². The molecule has 0 spiro atoms. The highest BCUT2D eigenvalue weighted by Crippen LogP contribution is 2.35. The highest BCUT2D eigenvalue weighted by Gasteiger charge is 2.27. The third-order valence-corrected chi connectivity index (χ3v) is 4.15. The normalized spacial score (nSPS) is 15.8. The number of benzene rings is 2. The number of rotatable bonds is 1. The summed E-state index contributed by atoms with van der Waals surface area (Å²) in [6.45, 7) is 3.14. The Balaban J connectivity index is 0.00000169. The lowest BCUT2D eigenvalue weighted by Crippen LogP contribution is -2.35. The fourth-order valence-corrected chi connectivity index (χ4v) is 3.06. The molecule has 2 aliphatic heterocycles. The summed E-state index contributed by atoms with van der Waals surface area (Å²) in [6, 6.07) is 13.5. The zero-order valence-corrected chi connectivity index (χ0v) is 14.0. The molecule has 5 nitrogen and oxygen atoms in total. The number of ether oxygens (including phenoxy) is 2. The van der Waals surface area contributed by atoms with E-state index in [2.05, 4.69) is 5.32 Å². The van der Waals surface area contributed by atoms with Gasteiger partial charge >= 0.3 is 0 Å². The number of hydrogen-bond donors (Lipinski definition) is 1. The van der Waals surface area contributed by atoms with Gasteiger partial charge in [-0.3, -0.25) is 4.79 Å². The molecule has 126 valence electrons. The molecule has 0 saturated carbocycles. The van der Waals surface area contributed by atoms with Gasteiger partial charge in [-0.2, -0.15) is 0 Å². The SMILES string of the molecule is Cl.O=C(c1cccc2c1OCCO2)N1CCNCc2ccccc21. The van der Waals surface area contributed by atoms with Crippen molar-refractivity contribution in [3.8, 4) is 11.5 Å². The summed E-state index contributed by atoms with van der Waals surface area (Å²) in [5.41, 5.74) is 2.64. The molecule has 0 unspecified atom stereocenters. The molecule has 0 atom stereocenters. The van der Waals surface area contributed by atoms with Gasteiger partial charge in [0.15, 0.2) is 11.5 Å². The number of carbonyl (C=O) groups is 1. The number of para-hydroxylation sites is 2. The molecule has 1 amide bonds. The number of fused-ring (bicyclic) bond motifs is 2. The molecule has 2 aromatic carbocycles. The summed E-state index contributed by atoms with van der Waals surface area (Å²) in [5.74, 6) is 1.14. The van der Waals surface area contributed by atoms with E-state index in [0.29, 0.717) is 36.8 Å². The number of amides is 1. The molecule has 2 aromatic rings. The molecule has 2 heterocycles. The van der Waals surface area contributed by atoms with E-state index in [9.17, 15) is 4.79 Å². The second-order valence-corrected chi connectivity index (χ2v) is 5.59. The van der Waals surface area contributed by atoms with E-state index in [1.54, 1.807) is 6.07 Å². The number of anilines is 1. The minimum absolute atomic E-state index is 0. The summed E-state index contributed by atoms with van der Waals surface area (Å²) in [6.07, 6.45) is 0. The Labute approximate surface area is 147 Å². The first-order chi connectivity index (χ1) is 11.3. The number of nitrogens with zero attached hydrogens (tertiary/aromatic N) is 1. The summed E-state index contributed by atoms with van der Waals surface area (Å²) >= 11 is 0. The van der Waals surface area contributed by atoms with Crippen molar-refractivity contribution in [3.05, 3.63) is 53.6 Å². The van der Waals surface area contributed by atoms with E-state index < -0.39 is 0 Å². The van der Waals surface area contributed by atoms with Crippen molar-refractivity contribution in [2.75, 3.05) is 31.2 Å². The maximum Gasteiger partial charge on any atom is 0.262 e. The van der Waals surface area contributed by atoms with Crippen LogP contribution in [0.1, 0.15) is 15.9 Å². The van der Waals surface area contributed by atoms with Gasteiger partial charge in [-0.15, -0.1) is 12.4 Å². The van der Waals surface area contributed by atoms with Crippen LogP contribution in [0, 0.1) is 0 Å². The molecule has 0 saturated heterocycles. The predicted octanol–water partition coefficient (Wildman–Crippen LogP) is 2.63. The molecule has 0 bridgehead atoms. The fraction of sp³-hybridized carbons (Fsp3) is 0.278. The third-order valence-electron chi connectivity index (χ3n) is 4.15. The van der Waals surface area contributed by atoms with Crippen molar-refractivity contribution >= 4 is 24.0 Å². The summed E-state index contributed by atoms with van der Waals surface area (Å²) in [4.78, 5) is 15.0. The Hall–Kier alpha value is -2.24. The van der Waals surface area contributed by atoms with Gasteiger partial charge in [0.1, 0.15) is 13.2 Å². The van der Waals surface area contributed by atoms with Crippen LogP contribution in [0.5, 0.6) is 11.5 Å². The summed E-state index contributed by atoms with van der Waals surface area (Å²) in [5, 5.41) is 3.35. The molecule has 4 rings (SSSR count). The van der Waals surface area contributed by atoms with Gasteiger partial charge < -0.3 is 19.7 Å². The van der Waals surface area contributed by atoms with Crippen LogP contribution in [0.3, 0.4) is 0 Å². The highest BCUT2D eigenvalue weighted by molar-refractivity contribution is 6.08. The molecule has 1 N–H and O–H groups in total. The Kier molecular flexibility index (Phi) is 4.92. The number of hydrogen-bond acceptors (Lipinski definition) is 4. The lowest BCUT2D eigenvalue weighted by atomic mass is 10.1. The zero-order valence-electron chi connectivity index (χ0n) is 13.2. The first-order valence-electron chi connectivity index (χ1n) is 7.84. The Morgan fingerprint density at radius 3 is 2.79 bits per heavy atom. The van der Waals surface area contributed by atoms with Crippen LogP contribution in [0.4, 0.5) is 5.69 Å². The molecule has 24 heavy (non-hydrogen) atoms. The summed E-state index contributed by atoms with van der Waals surface area (Å²) < 4.78 is 11.3. The van der Waals surface area contributed by atoms with Crippen LogP contribution in [0.25, 0.3) is 0 Å². The zero-order chi connectivity index (χ0) is 15.6. The summed E-state index contributed by atoms with van der Waals surface area (Å²) in [7, 11) is 0. The van der Waals surface area contributed by atoms with Crippen LogP contribution in [-0.2, 0) is 6.54 Å².